The summed E-state index contributed by atoms with van der Waals surface area (Å²) in [6, 6.07) is 2.78. The van der Waals surface area contributed by atoms with Crippen LogP contribution in [0.2, 0.25) is 0 Å². The number of rotatable bonds is 5. The van der Waals surface area contributed by atoms with Crippen LogP contribution in [0.1, 0.15) is 25.6 Å². The Kier molecular flexibility index (Phi) is 4.94. The molecule has 0 saturated heterocycles. The molecular formula is C13H20N2O3S. The van der Waals surface area contributed by atoms with Crippen molar-refractivity contribution in [2.75, 3.05) is 13.6 Å². The highest BCUT2D eigenvalue weighted by molar-refractivity contribution is 7.10. The third-order valence-corrected chi connectivity index (χ3v) is 4.36. The second-order valence-corrected chi connectivity index (χ2v) is 6.09. The molecule has 1 atom stereocenters. The minimum absolute atomic E-state index is 0.170. The molecule has 0 aliphatic heterocycles. The van der Waals surface area contributed by atoms with Gasteiger partial charge in [0.15, 0.2) is 0 Å². The summed E-state index contributed by atoms with van der Waals surface area (Å²) >= 11 is 1.64. The third kappa shape index (κ3) is 3.96. The molecule has 2 amide bonds. The van der Waals surface area contributed by atoms with Crippen molar-refractivity contribution in [2.24, 2.45) is 0 Å². The van der Waals surface area contributed by atoms with Crippen molar-refractivity contribution in [2.45, 2.75) is 32.2 Å². The summed E-state index contributed by atoms with van der Waals surface area (Å²) in [7, 11) is 1.48. The number of likely N-dealkylation sites (N-methyl/N-ethyl adjacent to an activating group) is 1. The van der Waals surface area contributed by atoms with Gasteiger partial charge in [0.1, 0.15) is 6.04 Å². The molecular weight excluding hydrogens is 264 g/mol. The average Bonchev–Trinajstić information content (AvgIpc) is 2.88. The summed E-state index contributed by atoms with van der Waals surface area (Å²) in [4.78, 5) is 25.0. The monoisotopic (exact) mass is 284 g/mol. The number of carbonyl (C=O) groups is 2. The Morgan fingerprint density at radius 2 is 2.16 bits per heavy atom. The van der Waals surface area contributed by atoms with Crippen molar-refractivity contribution >= 4 is 23.3 Å². The first-order valence-corrected chi connectivity index (χ1v) is 6.91. The van der Waals surface area contributed by atoms with E-state index in [1.807, 2.05) is 31.4 Å². The number of nitrogens with one attached hydrogen (secondary N) is 1. The highest BCUT2D eigenvalue weighted by Gasteiger charge is 2.25. The molecule has 0 saturated carbocycles. The molecule has 19 heavy (non-hydrogen) atoms. The van der Waals surface area contributed by atoms with Gasteiger partial charge < -0.3 is 15.3 Å². The van der Waals surface area contributed by atoms with Crippen LogP contribution >= 0.6 is 11.3 Å². The smallest absolute Gasteiger partial charge is 0.326 e. The number of nitrogens with zero attached hydrogens (tertiary/aromatic N) is 1. The van der Waals surface area contributed by atoms with Gasteiger partial charge in [-0.25, -0.2) is 9.59 Å². The Hall–Kier alpha value is -1.56. The van der Waals surface area contributed by atoms with Crippen molar-refractivity contribution in [1.82, 2.24) is 10.2 Å². The lowest BCUT2D eigenvalue weighted by atomic mass is 9.91. The zero-order valence-corrected chi connectivity index (χ0v) is 12.5. The van der Waals surface area contributed by atoms with Gasteiger partial charge >= 0.3 is 12.0 Å². The van der Waals surface area contributed by atoms with Crippen LogP contribution in [0.15, 0.2) is 17.5 Å². The molecule has 0 aromatic carbocycles. The second-order valence-electron chi connectivity index (χ2n) is 5.15. The number of aliphatic carboxylic acids is 1. The van der Waals surface area contributed by atoms with E-state index in [1.54, 1.807) is 11.3 Å². The summed E-state index contributed by atoms with van der Waals surface area (Å²) in [5.41, 5.74) is -0.170. The zero-order chi connectivity index (χ0) is 14.6. The Labute approximate surface area is 117 Å². The fourth-order valence-corrected chi connectivity index (χ4v) is 2.37. The molecule has 0 radical (unpaired) electrons. The van der Waals surface area contributed by atoms with Gasteiger partial charge in [-0.05, 0) is 18.4 Å². The topological polar surface area (TPSA) is 69.6 Å². The van der Waals surface area contributed by atoms with Gasteiger partial charge in [-0.3, -0.25) is 0 Å². The van der Waals surface area contributed by atoms with Crippen molar-refractivity contribution in [1.29, 1.82) is 0 Å². The van der Waals surface area contributed by atoms with E-state index in [2.05, 4.69) is 5.32 Å². The number of urea groups is 1. The number of thiophene rings is 1. The van der Waals surface area contributed by atoms with Crippen LogP contribution in [0.3, 0.4) is 0 Å². The molecule has 0 aliphatic carbocycles. The maximum atomic E-state index is 11.9. The molecule has 2 N–H and O–H groups in total. The quantitative estimate of drug-likeness (QED) is 0.870. The van der Waals surface area contributed by atoms with Gasteiger partial charge in [-0.15, -0.1) is 11.3 Å². The van der Waals surface area contributed by atoms with E-state index in [-0.39, 0.29) is 11.4 Å². The third-order valence-electron chi connectivity index (χ3n) is 3.13. The van der Waals surface area contributed by atoms with Gasteiger partial charge in [-0.1, -0.05) is 19.9 Å². The Balaban J connectivity index is 2.57. The van der Waals surface area contributed by atoms with Gasteiger partial charge in [-0.2, -0.15) is 0 Å². The summed E-state index contributed by atoms with van der Waals surface area (Å²) in [5.74, 6) is -1.02. The normalized spacial score (nSPS) is 12.8. The van der Waals surface area contributed by atoms with E-state index in [9.17, 15) is 9.59 Å². The number of carboxylic acids is 1. The van der Waals surface area contributed by atoms with E-state index in [4.69, 9.17) is 5.11 Å². The number of hydrogen-bond donors (Lipinski definition) is 2. The van der Waals surface area contributed by atoms with E-state index < -0.39 is 12.0 Å². The standard InChI is InChI=1S/C13H20N2O3S/c1-9(11(16)17)15(4)12(18)14-8-13(2,3)10-6-5-7-19-10/h5-7,9H,8H2,1-4H3,(H,14,18)(H,16,17). The van der Waals surface area contributed by atoms with Crippen molar-refractivity contribution < 1.29 is 14.7 Å². The molecule has 1 unspecified atom stereocenters. The van der Waals surface area contributed by atoms with E-state index in [1.165, 1.54) is 23.7 Å². The molecule has 1 aromatic heterocycles. The number of carbonyl (C=O) groups excluding carboxylic acids is 1. The SMILES string of the molecule is CC(C(=O)O)N(C)C(=O)NCC(C)(C)c1cccs1. The van der Waals surface area contributed by atoms with E-state index in [0.717, 1.165) is 0 Å². The summed E-state index contributed by atoms with van der Waals surface area (Å²) in [6.07, 6.45) is 0. The van der Waals surface area contributed by atoms with Crippen LogP contribution in [0, 0.1) is 0 Å². The van der Waals surface area contributed by atoms with Gasteiger partial charge in [0.2, 0.25) is 0 Å². The average molecular weight is 284 g/mol. The van der Waals surface area contributed by atoms with Crippen molar-refractivity contribution in [3.8, 4) is 0 Å². The summed E-state index contributed by atoms with van der Waals surface area (Å²) < 4.78 is 0. The fourth-order valence-electron chi connectivity index (χ4n) is 1.51. The molecule has 0 fully saturated rings. The number of hydrogen-bond acceptors (Lipinski definition) is 3. The van der Waals surface area contributed by atoms with Gasteiger partial charge in [0.25, 0.3) is 0 Å². The summed E-state index contributed by atoms with van der Waals surface area (Å²) in [5, 5.41) is 13.6. The molecule has 6 heteroatoms. The first-order chi connectivity index (χ1) is 8.75. The molecule has 1 rings (SSSR count). The largest absolute Gasteiger partial charge is 0.480 e. The fraction of sp³-hybridized carbons (Fsp3) is 0.538. The van der Waals surface area contributed by atoms with Crippen molar-refractivity contribution in [3.05, 3.63) is 22.4 Å². The van der Waals surface area contributed by atoms with Crippen LogP contribution in [0.25, 0.3) is 0 Å². The number of amides is 2. The Morgan fingerprint density at radius 3 is 2.63 bits per heavy atom. The predicted molar refractivity (Wildman–Crippen MR) is 75.6 cm³/mol. The lowest BCUT2D eigenvalue weighted by Gasteiger charge is -2.27. The molecule has 1 aromatic rings. The minimum Gasteiger partial charge on any atom is -0.480 e. The van der Waals surface area contributed by atoms with Gasteiger partial charge in [0.05, 0.1) is 0 Å². The van der Waals surface area contributed by atoms with Crippen LogP contribution in [-0.2, 0) is 10.2 Å². The summed E-state index contributed by atoms with van der Waals surface area (Å²) in [6.45, 7) is 6.02. The molecule has 1 heterocycles. The molecule has 0 aliphatic rings. The first-order valence-electron chi connectivity index (χ1n) is 6.03. The molecule has 5 nitrogen and oxygen atoms in total. The second kappa shape index (κ2) is 6.06. The maximum Gasteiger partial charge on any atom is 0.326 e. The highest BCUT2D eigenvalue weighted by atomic mass is 32.1. The Bertz CT molecular complexity index is 443. The maximum absolute atomic E-state index is 11.9. The highest BCUT2D eigenvalue weighted by Crippen LogP contribution is 2.26. The van der Waals surface area contributed by atoms with Gasteiger partial charge in [0, 0.05) is 23.9 Å². The zero-order valence-electron chi connectivity index (χ0n) is 11.6. The van der Waals surface area contributed by atoms with Crippen LogP contribution in [0.4, 0.5) is 4.79 Å². The molecule has 106 valence electrons. The van der Waals surface area contributed by atoms with Crippen LogP contribution in [-0.4, -0.2) is 41.6 Å². The first kappa shape index (κ1) is 15.5. The van der Waals surface area contributed by atoms with E-state index >= 15 is 0 Å². The van der Waals surface area contributed by atoms with Crippen LogP contribution < -0.4 is 5.32 Å². The number of carboxylic acid groups (broad SMARTS) is 1. The molecule has 0 spiro atoms. The predicted octanol–water partition coefficient (Wildman–Crippen LogP) is 2.14. The minimum atomic E-state index is -1.02. The Morgan fingerprint density at radius 1 is 1.53 bits per heavy atom. The van der Waals surface area contributed by atoms with Crippen molar-refractivity contribution in [3.63, 3.8) is 0 Å². The lowest BCUT2D eigenvalue weighted by molar-refractivity contribution is -0.141. The lowest BCUT2D eigenvalue weighted by Crippen LogP contribution is -2.48. The van der Waals surface area contributed by atoms with Crippen LogP contribution in [0.5, 0.6) is 0 Å². The van der Waals surface area contributed by atoms with E-state index in [0.29, 0.717) is 6.54 Å². The molecule has 0 bridgehead atoms.